The summed E-state index contributed by atoms with van der Waals surface area (Å²) >= 11 is 13.1. The second kappa shape index (κ2) is 8.90. The van der Waals surface area contributed by atoms with E-state index in [4.69, 9.17) is 23.2 Å². The summed E-state index contributed by atoms with van der Waals surface area (Å²) in [4.78, 5) is 11.2. The largest absolute Gasteiger partial charge is 0.391 e. The van der Waals surface area contributed by atoms with E-state index in [1.54, 1.807) is 12.4 Å². The van der Waals surface area contributed by atoms with Crippen molar-refractivity contribution in [3.63, 3.8) is 0 Å². The minimum Gasteiger partial charge on any atom is -0.391 e. The molecule has 3 aromatic rings. The molecule has 1 saturated heterocycles. The molecule has 2 saturated carbocycles. The summed E-state index contributed by atoms with van der Waals surface area (Å²) in [5, 5.41) is 19.6. The molecule has 3 fully saturated rings. The van der Waals surface area contributed by atoms with Crippen molar-refractivity contribution in [3.8, 4) is 0 Å². The van der Waals surface area contributed by atoms with Crippen LogP contribution in [0.3, 0.4) is 0 Å². The summed E-state index contributed by atoms with van der Waals surface area (Å²) < 4.78 is 17.2. The van der Waals surface area contributed by atoms with Gasteiger partial charge in [-0.2, -0.15) is 5.10 Å². The topological polar surface area (TPSA) is 79.1 Å². The van der Waals surface area contributed by atoms with Crippen molar-refractivity contribution in [3.05, 3.63) is 40.3 Å². The number of nitrogens with one attached hydrogen (secondary N) is 1. The molecular weight excluding hydrogens is 478 g/mol. The van der Waals surface area contributed by atoms with Crippen LogP contribution in [-0.2, 0) is 0 Å². The number of rotatable bonds is 5. The number of aliphatic hydroxyl groups is 1. The molecule has 6 rings (SSSR count). The molecule has 2 aliphatic carbocycles. The van der Waals surface area contributed by atoms with Crippen molar-refractivity contribution in [1.82, 2.24) is 24.6 Å². The molecule has 2 aromatic heterocycles. The fourth-order valence-electron chi connectivity index (χ4n) is 5.46. The fraction of sp³-hybridized carbons (Fsp3) is 0.542. The molecule has 180 valence electrons. The SMILES string of the molecule is OC1CCCC1N1CC[C@H](c2cc3nc(Nc4cnn(C5CC5)c4Cl)ncc3cc2Cl)[C@@H](F)C1. The lowest BCUT2D eigenvalue weighted by molar-refractivity contribution is 0.0271. The number of likely N-dealkylation sites (tertiary alicyclic amines) is 1. The number of halogens is 3. The summed E-state index contributed by atoms with van der Waals surface area (Å²) in [6.45, 7) is 1.07. The van der Waals surface area contributed by atoms with E-state index in [1.807, 2.05) is 16.8 Å². The Morgan fingerprint density at radius 1 is 1.09 bits per heavy atom. The first kappa shape index (κ1) is 22.5. The maximum absolute atomic E-state index is 15.4. The van der Waals surface area contributed by atoms with E-state index in [1.165, 1.54) is 0 Å². The Bertz CT molecular complexity index is 1220. The minimum absolute atomic E-state index is 0.0729. The van der Waals surface area contributed by atoms with Gasteiger partial charge in [-0.15, -0.1) is 0 Å². The number of fused-ring (bicyclic) bond motifs is 1. The second-order valence-electron chi connectivity index (χ2n) is 9.75. The average molecular weight is 505 g/mol. The maximum atomic E-state index is 15.4. The van der Waals surface area contributed by atoms with E-state index in [-0.39, 0.29) is 18.1 Å². The summed E-state index contributed by atoms with van der Waals surface area (Å²) in [5.41, 5.74) is 2.13. The van der Waals surface area contributed by atoms with Gasteiger partial charge in [0.2, 0.25) is 5.95 Å². The number of alkyl halides is 1. The summed E-state index contributed by atoms with van der Waals surface area (Å²) in [6.07, 6.45) is 7.57. The van der Waals surface area contributed by atoms with Crippen LogP contribution in [0.5, 0.6) is 0 Å². The molecule has 7 nitrogen and oxygen atoms in total. The number of aliphatic hydroxyl groups excluding tert-OH is 1. The zero-order valence-electron chi connectivity index (χ0n) is 18.7. The second-order valence-corrected chi connectivity index (χ2v) is 10.5. The van der Waals surface area contributed by atoms with Gasteiger partial charge in [-0.3, -0.25) is 4.90 Å². The molecule has 3 aliphatic rings. The molecule has 1 aliphatic heterocycles. The molecule has 0 bridgehead atoms. The van der Waals surface area contributed by atoms with Gasteiger partial charge in [-0.25, -0.2) is 19.0 Å². The van der Waals surface area contributed by atoms with Crippen LogP contribution in [0.4, 0.5) is 16.0 Å². The number of benzene rings is 1. The number of hydrogen-bond donors (Lipinski definition) is 2. The van der Waals surface area contributed by atoms with E-state index in [2.05, 4.69) is 25.3 Å². The van der Waals surface area contributed by atoms with Gasteiger partial charge in [-0.05, 0) is 62.8 Å². The number of nitrogens with zero attached hydrogens (tertiary/aromatic N) is 5. The van der Waals surface area contributed by atoms with Gasteiger partial charge in [0.1, 0.15) is 6.17 Å². The molecule has 4 atom stereocenters. The van der Waals surface area contributed by atoms with Crippen molar-refractivity contribution in [2.45, 2.75) is 68.8 Å². The first-order chi connectivity index (χ1) is 16.5. The molecule has 0 spiro atoms. The summed E-state index contributed by atoms with van der Waals surface area (Å²) in [7, 11) is 0. The molecule has 0 radical (unpaired) electrons. The van der Waals surface area contributed by atoms with Crippen LogP contribution < -0.4 is 5.32 Å². The number of hydrogen-bond acceptors (Lipinski definition) is 6. The maximum Gasteiger partial charge on any atom is 0.227 e. The van der Waals surface area contributed by atoms with Crippen molar-refractivity contribution in [2.75, 3.05) is 18.4 Å². The predicted molar refractivity (Wildman–Crippen MR) is 131 cm³/mol. The zero-order valence-corrected chi connectivity index (χ0v) is 20.2. The van der Waals surface area contributed by atoms with Crippen LogP contribution in [-0.4, -0.2) is 61.2 Å². The third kappa shape index (κ3) is 4.15. The van der Waals surface area contributed by atoms with Gasteiger partial charge in [0.25, 0.3) is 0 Å². The van der Waals surface area contributed by atoms with Crippen molar-refractivity contribution in [2.24, 2.45) is 0 Å². The molecule has 1 aromatic carbocycles. The Balaban J connectivity index is 1.23. The third-order valence-electron chi connectivity index (χ3n) is 7.46. The molecular formula is C24H27Cl2FN6O. The Hall–Kier alpha value is -2.00. The van der Waals surface area contributed by atoms with Crippen LogP contribution >= 0.6 is 23.2 Å². The highest BCUT2D eigenvalue weighted by atomic mass is 35.5. The van der Waals surface area contributed by atoms with Crippen LogP contribution in [0.15, 0.2) is 24.5 Å². The zero-order chi connectivity index (χ0) is 23.4. The van der Waals surface area contributed by atoms with Crippen LogP contribution in [0.2, 0.25) is 10.2 Å². The molecule has 34 heavy (non-hydrogen) atoms. The van der Waals surface area contributed by atoms with E-state index in [9.17, 15) is 5.11 Å². The lowest BCUT2D eigenvalue weighted by Crippen LogP contribution is -2.49. The molecule has 3 heterocycles. The smallest absolute Gasteiger partial charge is 0.227 e. The Labute approximate surface area is 207 Å². The van der Waals surface area contributed by atoms with Crippen LogP contribution in [0.25, 0.3) is 10.9 Å². The highest BCUT2D eigenvalue weighted by Crippen LogP contribution is 2.40. The highest BCUT2D eigenvalue weighted by Gasteiger charge is 2.38. The van der Waals surface area contributed by atoms with Gasteiger partial charge in [0, 0.05) is 35.1 Å². The fourth-order valence-corrected chi connectivity index (χ4v) is 6.05. The summed E-state index contributed by atoms with van der Waals surface area (Å²) in [6, 6.07) is 4.15. The monoisotopic (exact) mass is 504 g/mol. The highest BCUT2D eigenvalue weighted by molar-refractivity contribution is 6.32. The average Bonchev–Trinajstić information content (AvgIpc) is 3.47. The van der Waals surface area contributed by atoms with Crippen molar-refractivity contribution >= 4 is 45.7 Å². The van der Waals surface area contributed by atoms with E-state index in [0.29, 0.717) is 46.3 Å². The number of aromatic nitrogens is 4. The number of piperidine rings is 1. The van der Waals surface area contributed by atoms with E-state index < -0.39 is 6.17 Å². The minimum atomic E-state index is -1.05. The standard InChI is InChI=1S/C24H27Cl2FN6O/c25-17-8-13-10-28-24(31-20-11-29-33(23(20)26)14-4-5-14)30-19(13)9-16(17)15-6-7-32(12-18(15)27)21-2-1-3-22(21)34/h8-11,14-15,18,21-22,34H,1-7,12H2,(H,28,30,31)/t15-,18+,21?,22?/m1/s1. The first-order valence-corrected chi connectivity index (χ1v) is 12.8. The van der Waals surface area contributed by atoms with Gasteiger partial charge in [0.05, 0.1) is 29.5 Å². The lowest BCUT2D eigenvalue weighted by Gasteiger charge is -2.39. The quantitative estimate of drug-likeness (QED) is 0.493. The lowest BCUT2D eigenvalue weighted by atomic mass is 9.86. The van der Waals surface area contributed by atoms with Gasteiger partial charge < -0.3 is 10.4 Å². The molecule has 2 N–H and O–H groups in total. The Kier molecular flexibility index (Phi) is 5.88. The van der Waals surface area contributed by atoms with Crippen molar-refractivity contribution in [1.29, 1.82) is 0 Å². The van der Waals surface area contributed by atoms with Gasteiger partial charge >= 0.3 is 0 Å². The van der Waals surface area contributed by atoms with Crippen molar-refractivity contribution < 1.29 is 9.50 Å². The first-order valence-electron chi connectivity index (χ1n) is 12.0. The Morgan fingerprint density at radius 3 is 2.68 bits per heavy atom. The predicted octanol–water partition coefficient (Wildman–Crippen LogP) is 5.25. The summed E-state index contributed by atoms with van der Waals surface area (Å²) in [5.74, 6) is 0.101. The van der Waals surface area contributed by atoms with E-state index in [0.717, 1.165) is 49.6 Å². The van der Waals surface area contributed by atoms with Crippen LogP contribution in [0, 0.1) is 0 Å². The molecule has 2 unspecified atom stereocenters. The molecule has 0 amide bonds. The number of anilines is 2. The Morgan fingerprint density at radius 2 is 1.94 bits per heavy atom. The molecule has 10 heteroatoms. The van der Waals surface area contributed by atoms with Gasteiger partial charge in [0.15, 0.2) is 5.15 Å². The van der Waals surface area contributed by atoms with Gasteiger partial charge in [-0.1, -0.05) is 23.2 Å². The van der Waals surface area contributed by atoms with Crippen LogP contribution in [0.1, 0.15) is 56.0 Å². The third-order valence-corrected chi connectivity index (χ3v) is 8.16. The normalized spacial score (nSPS) is 28.0. The van der Waals surface area contributed by atoms with E-state index >= 15 is 4.39 Å².